The maximum absolute atomic E-state index is 11.6. The third-order valence-electron chi connectivity index (χ3n) is 1.30. The van der Waals surface area contributed by atoms with E-state index in [2.05, 4.69) is 21.9 Å². The molecule has 0 heterocycles. The largest absolute Gasteiger partial charge is 0.342 e. The van der Waals surface area contributed by atoms with E-state index in [1.807, 2.05) is 0 Å². The van der Waals surface area contributed by atoms with E-state index in [9.17, 15) is 4.57 Å². The fourth-order valence-electron chi connectivity index (χ4n) is 0.550. The molecule has 0 aliphatic carbocycles. The van der Waals surface area contributed by atoms with Crippen molar-refractivity contribution in [3.8, 4) is 0 Å². The lowest BCUT2D eigenvalue weighted by molar-refractivity contribution is -0.231. The summed E-state index contributed by atoms with van der Waals surface area (Å²) in [7, 11) is -1.16. The lowest BCUT2D eigenvalue weighted by Gasteiger charge is -2.25. The van der Waals surface area contributed by atoms with Gasteiger partial charge in [-0.05, 0) is 0 Å². The Morgan fingerprint density at radius 2 is 1.43 bits per heavy atom. The van der Waals surface area contributed by atoms with Crippen molar-refractivity contribution in [3.63, 3.8) is 0 Å². The van der Waals surface area contributed by atoms with Crippen molar-refractivity contribution in [2.24, 2.45) is 0 Å². The van der Waals surface area contributed by atoms with Gasteiger partial charge in [0.1, 0.15) is 6.16 Å². The van der Waals surface area contributed by atoms with Gasteiger partial charge < -0.3 is 9.05 Å². The Balaban J connectivity index is 4.65. The molecule has 0 aromatic carbocycles. The van der Waals surface area contributed by atoms with E-state index in [4.69, 9.17) is 35.6 Å². The third-order valence-corrected chi connectivity index (χ3v) is 3.89. The van der Waals surface area contributed by atoms with Gasteiger partial charge in [0.15, 0.2) is 0 Å². The van der Waals surface area contributed by atoms with Crippen LogP contribution >= 0.6 is 43.2 Å². The molecule has 0 aliphatic rings. The van der Waals surface area contributed by atoms with Gasteiger partial charge in [0.2, 0.25) is 0 Å². The van der Waals surface area contributed by atoms with Crippen LogP contribution in [-0.4, -0.2) is 26.4 Å². The van der Waals surface area contributed by atoms with Crippen LogP contribution in [0.4, 0.5) is 0 Å². The lowest BCUT2D eigenvalue weighted by atomic mass is 10.7. The van der Waals surface area contributed by atoms with E-state index in [0.29, 0.717) is 0 Å². The quantitative estimate of drug-likeness (QED) is 0.530. The van der Waals surface area contributed by atoms with E-state index in [1.165, 1.54) is 0 Å². The first-order valence-electron chi connectivity index (χ1n) is 3.11. The maximum Gasteiger partial charge on any atom is 0.342 e. The summed E-state index contributed by atoms with van der Waals surface area (Å²) in [6.07, 6.45) is -0.538. The minimum atomic E-state index is -3.48. The molecule has 0 rings (SSSR count). The van der Waals surface area contributed by atoms with Gasteiger partial charge in [0, 0.05) is 14.2 Å². The van der Waals surface area contributed by atoms with Crippen molar-refractivity contribution in [2.45, 2.75) is 5.97 Å². The first-order chi connectivity index (χ1) is 6.51. The fraction of sp³-hybridized carbons (Fsp3) is 1.00. The summed E-state index contributed by atoms with van der Waals surface area (Å²) in [5.74, 6) is -2.10. The molecule has 0 aromatic heterocycles. The second-order valence-electron chi connectivity index (χ2n) is 2.05. The van der Waals surface area contributed by atoms with Crippen molar-refractivity contribution in [2.75, 3.05) is 20.4 Å². The minimum absolute atomic E-state index is 0.538. The summed E-state index contributed by atoms with van der Waals surface area (Å²) >= 11 is 15.0. The average Bonchev–Trinajstić information content (AvgIpc) is 2.26. The maximum atomic E-state index is 11.6. The van der Waals surface area contributed by atoms with Gasteiger partial charge in [0.25, 0.3) is 0 Å². The van der Waals surface area contributed by atoms with Gasteiger partial charge in [0.05, 0.1) is 35.6 Å². The highest BCUT2D eigenvalue weighted by molar-refractivity contribution is 7.53. The van der Waals surface area contributed by atoms with Crippen LogP contribution < -0.4 is 0 Å². The molecule has 0 unspecified atom stereocenters. The second-order valence-corrected chi connectivity index (χ2v) is 4.78. The molecule has 0 saturated carbocycles. The van der Waals surface area contributed by atoms with Crippen LogP contribution in [0, 0.1) is 0 Å². The molecule has 0 bridgehead atoms. The lowest BCUT2D eigenvalue weighted by Crippen LogP contribution is -2.35. The van der Waals surface area contributed by atoms with E-state index in [0.717, 1.165) is 14.2 Å². The predicted molar refractivity (Wildman–Crippen MR) is 50.0 cm³/mol. The smallest absolute Gasteiger partial charge is 0.312 e. The van der Waals surface area contributed by atoms with Crippen molar-refractivity contribution >= 4 is 43.2 Å². The zero-order chi connectivity index (χ0) is 11.2. The van der Waals surface area contributed by atoms with Crippen LogP contribution in [0.15, 0.2) is 0 Å². The van der Waals surface area contributed by atoms with Crippen molar-refractivity contribution in [1.29, 1.82) is 0 Å². The van der Waals surface area contributed by atoms with Gasteiger partial charge in [-0.25, -0.2) is 12.9 Å². The average molecular weight is 289 g/mol. The Hall–Kier alpha value is 0.900. The molecule has 0 saturated heterocycles. The van der Waals surface area contributed by atoms with Gasteiger partial charge in [-0.15, -0.1) is 0 Å². The third kappa shape index (κ3) is 3.81. The van der Waals surface area contributed by atoms with Crippen LogP contribution in [0.3, 0.4) is 0 Å². The molecule has 0 aromatic rings. The van der Waals surface area contributed by atoms with Crippen LogP contribution in [0.1, 0.15) is 0 Å². The summed E-state index contributed by atoms with van der Waals surface area (Å²) in [6.45, 7) is 0. The van der Waals surface area contributed by atoms with Crippen molar-refractivity contribution in [1.82, 2.24) is 0 Å². The predicted octanol–water partition coefficient (Wildman–Crippen LogP) is 2.64. The highest BCUT2D eigenvalue weighted by Crippen LogP contribution is 2.50. The molecular formula is C4H8Cl3O6P. The molecular weight excluding hydrogens is 281 g/mol. The molecule has 0 spiro atoms. The van der Waals surface area contributed by atoms with Gasteiger partial charge in [-0.1, -0.05) is 0 Å². The Morgan fingerprint density at radius 3 is 1.64 bits per heavy atom. The molecule has 6 nitrogen and oxygen atoms in total. The van der Waals surface area contributed by atoms with Gasteiger partial charge in [-0.2, -0.15) is 0 Å². The molecule has 0 atom stereocenters. The molecule has 14 heavy (non-hydrogen) atoms. The summed E-state index contributed by atoms with van der Waals surface area (Å²) < 4.78 is 33.2. The van der Waals surface area contributed by atoms with E-state index in [1.54, 1.807) is 0 Å². The molecule has 0 fully saturated rings. The number of rotatable bonds is 7. The topological polar surface area (TPSA) is 63.2 Å². The first kappa shape index (κ1) is 14.9. The summed E-state index contributed by atoms with van der Waals surface area (Å²) in [5.41, 5.74) is 0. The highest BCUT2D eigenvalue weighted by atomic mass is 35.5. The molecule has 0 radical (unpaired) electrons. The Bertz CT molecular complexity index is 193. The Morgan fingerprint density at radius 1 is 1.07 bits per heavy atom. The zero-order valence-corrected chi connectivity index (χ0v) is 10.4. The monoisotopic (exact) mass is 288 g/mol. The van der Waals surface area contributed by atoms with Crippen LogP contribution in [0.5, 0.6) is 0 Å². The summed E-state index contributed by atoms with van der Waals surface area (Å²) in [4.78, 5) is 0. The molecule has 10 heteroatoms. The van der Waals surface area contributed by atoms with E-state index in [-0.39, 0.29) is 0 Å². The number of hydrogen-bond donors (Lipinski definition) is 0. The first-order valence-corrected chi connectivity index (χ1v) is 5.76. The second kappa shape index (κ2) is 6.48. The standard InChI is InChI=1S/C4H8Cl3O6P/c1-9-14(8,10-2)3-4(11-5,12-6)13-7/h3H2,1-2H3. The minimum Gasteiger partial charge on any atom is -0.312 e. The molecule has 0 amide bonds. The van der Waals surface area contributed by atoms with Crippen molar-refractivity contribution in [3.05, 3.63) is 0 Å². The van der Waals surface area contributed by atoms with Crippen molar-refractivity contribution < 1.29 is 26.5 Å². The summed E-state index contributed by atoms with van der Waals surface area (Å²) in [5, 5.41) is 0. The number of halogens is 3. The van der Waals surface area contributed by atoms with E-state index < -0.39 is 19.7 Å². The Kier molecular flexibility index (Phi) is 6.89. The molecule has 0 aliphatic heterocycles. The van der Waals surface area contributed by atoms with Gasteiger partial charge in [-0.3, -0.25) is 4.57 Å². The fourth-order valence-corrected chi connectivity index (χ4v) is 2.30. The molecule has 86 valence electrons. The zero-order valence-electron chi connectivity index (χ0n) is 7.24. The van der Waals surface area contributed by atoms with Gasteiger partial charge >= 0.3 is 13.6 Å². The molecule has 0 N–H and O–H groups in total. The number of hydrogen-bond acceptors (Lipinski definition) is 6. The van der Waals surface area contributed by atoms with Crippen LogP contribution in [-0.2, 0) is 26.5 Å². The SMILES string of the molecule is COP(=O)(CC(OCl)(OCl)OCl)OC. The summed E-state index contributed by atoms with van der Waals surface area (Å²) in [6, 6.07) is 0. The normalized spacial score (nSPS) is 13.2. The highest BCUT2D eigenvalue weighted by Gasteiger charge is 2.44. The van der Waals surface area contributed by atoms with E-state index >= 15 is 0 Å². The van der Waals surface area contributed by atoms with Crippen LogP contribution in [0.25, 0.3) is 0 Å². The van der Waals surface area contributed by atoms with Crippen LogP contribution in [0.2, 0.25) is 0 Å². The Labute approximate surface area is 96.3 Å².